The number of likely N-dealkylation sites (tertiary alicyclic amines) is 1. The minimum atomic E-state index is -0.383. The number of carbonyl (C=O) groups excluding carboxylic acids is 2. The van der Waals surface area contributed by atoms with Crippen LogP contribution in [0.4, 0.5) is 5.69 Å². The minimum absolute atomic E-state index is 0.137. The maximum Gasteiger partial charge on any atom is 0.276 e. The molecule has 1 aliphatic rings. The molecule has 2 N–H and O–H groups in total. The topological polar surface area (TPSA) is 78.1 Å². The van der Waals surface area contributed by atoms with Gasteiger partial charge in [0.25, 0.3) is 11.8 Å². The van der Waals surface area contributed by atoms with Crippen LogP contribution in [0.1, 0.15) is 40.7 Å². The highest BCUT2D eigenvalue weighted by Gasteiger charge is 2.27. The third-order valence-corrected chi connectivity index (χ3v) is 4.17. The van der Waals surface area contributed by atoms with Gasteiger partial charge in [-0.1, -0.05) is 25.1 Å². The number of anilines is 1. The van der Waals surface area contributed by atoms with Crippen LogP contribution in [0, 0.1) is 5.92 Å². The van der Waals surface area contributed by atoms with E-state index in [4.69, 9.17) is 0 Å². The van der Waals surface area contributed by atoms with Crippen molar-refractivity contribution in [2.45, 2.75) is 19.8 Å². The van der Waals surface area contributed by atoms with Gasteiger partial charge in [-0.05, 0) is 30.9 Å². The Kier molecular flexibility index (Phi) is 4.41. The summed E-state index contributed by atoms with van der Waals surface area (Å²) < 4.78 is 0. The minimum Gasteiger partial charge on any atom is -0.340 e. The van der Waals surface area contributed by atoms with Crippen molar-refractivity contribution in [3.05, 3.63) is 48.0 Å². The standard InChI is InChI=1S/C17H20N4O2/c1-12-7-9-21(10-8-12)17(23)15-14(18-11-19-15)16(22)20-13-5-3-2-4-6-13/h2-6,11-12H,7-10H2,1H3,(H,18,19)(H,20,22). The Morgan fingerprint density at radius 2 is 1.91 bits per heavy atom. The van der Waals surface area contributed by atoms with E-state index in [1.165, 1.54) is 6.33 Å². The van der Waals surface area contributed by atoms with Gasteiger partial charge in [-0.3, -0.25) is 9.59 Å². The van der Waals surface area contributed by atoms with Gasteiger partial charge in [-0.15, -0.1) is 0 Å². The predicted octanol–water partition coefficient (Wildman–Crippen LogP) is 2.53. The summed E-state index contributed by atoms with van der Waals surface area (Å²) in [6, 6.07) is 9.12. The summed E-state index contributed by atoms with van der Waals surface area (Å²) in [7, 11) is 0. The van der Waals surface area contributed by atoms with E-state index in [1.807, 2.05) is 18.2 Å². The van der Waals surface area contributed by atoms with Gasteiger partial charge in [0.15, 0.2) is 5.69 Å². The number of amides is 2. The molecular formula is C17H20N4O2. The highest BCUT2D eigenvalue weighted by molar-refractivity contribution is 6.10. The van der Waals surface area contributed by atoms with Crippen LogP contribution in [-0.2, 0) is 0 Å². The van der Waals surface area contributed by atoms with Gasteiger partial charge in [0.05, 0.1) is 6.33 Å². The fourth-order valence-corrected chi connectivity index (χ4v) is 2.71. The smallest absolute Gasteiger partial charge is 0.276 e. The molecule has 6 heteroatoms. The number of nitrogens with one attached hydrogen (secondary N) is 2. The molecule has 0 radical (unpaired) electrons. The van der Waals surface area contributed by atoms with Crippen LogP contribution < -0.4 is 5.32 Å². The number of hydrogen-bond acceptors (Lipinski definition) is 3. The zero-order valence-electron chi connectivity index (χ0n) is 13.1. The lowest BCUT2D eigenvalue weighted by molar-refractivity contribution is 0.0688. The second-order valence-electron chi connectivity index (χ2n) is 5.92. The van der Waals surface area contributed by atoms with Crippen molar-refractivity contribution >= 4 is 17.5 Å². The van der Waals surface area contributed by atoms with Gasteiger partial charge >= 0.3 is 0 Å². The van der Waals surface area contributed by atoms with Crippen molar-refractivity contribution in [3.63, 3.8) is 0 Å². The monoisotopic (exact) mass is 312 g/mol. The Hall–Kier alpha value is -2.63. The Morgan fingerprint density at radius 1 is 1.22 bits per heavy atom. The van der Waals surface area contributed by atoms with E-state index in [9.17, 15) is 9.59 Å². The fourth-order valence-electron chi connectivity index (χ4n) is 2.71. The summed E-state index contributed by atoms with van der Waals surface area (Å²) in [5.41, 5.74) is 1.07. The number of aromatic amines is 1. The van der Waals surface area contributed by atoms with Gasteiger partial charge in [0.2, 0.25) is 0 Å². The van der Waals surface area contributed by atoms with Crippen LogP contribution in [0.25, 0.3) is 0 Å². The molecule has 0 aliphatic carbocycles. The number of imidazole rings is 1. The Morgan fingerprint density at radius 3 is 2.61 bits per heavy atom. The van der Waals surface area contributed by atoms with Crippen LogP contribution in [0.15, 0.2) is 36.7 Å². The molecule has 3 rings (SSSR count). The molecule has 0 atom stereocenters. The molecule has 0 saturated carbocycles. The van der Waals surface area contributed by atoms with Crippen molar-refractivity contribution in [2.24, 2.45) is 5.92 Å². The van der Waals surface area contributed by atoms with E-state index in [1.54, 1.807) is 17.0 Å². The molecule has 1 aliphatic heterocycles. The molecule has 2 heterocycles. The van der Waals surface area contributed by atoms with Gasteiger partial charge < -0.3 is 15.2 Å². The maximum absolute atomic E-state index is 12.6. The Balaban J connectivity index is 1.74. The van der Waals surface area contributed by atoms with Gasteiger partial charge in [-0.25, -0.2) is 4.98 Å². The van der Waals surface area contributed by atoms with E-state index in [0.717, 1.165) is 25.9 Å². The summed E-state index contributed by atoms with van der Waals surface area (Å²) in [5, 5.41) is 2.76. The van der Waals surface area contributed by atoms with Gasteiger partial charge in [-0.2, -0.15) is 0 Å². The number of piperidine rings is 1. The maximum atomic E-state index is 12.6. The molecule has 1 fully saturated rings. The normalized spacial score (nSPS) is 15.4. The molecule has 6 nitrogen and oxygen atoms in total. The zero-order valence-corrected chi connectivity index (χ0v) is 13.1. The lowest BCUT2D eigenvalue weighted by atomic mass is 9.99. The first kappa shape index (κ1) is 15.3. The molecule has 1 aromatic heterocycles. The van der Waals surface area contributed by atoms with Crippen molar-refractivity contribution in [1.82, 2.24) is 14.9 Å². The number of nitrogens with zero attached hydrogens (tertiary/aromatic N) is 2. The quantitative estimate of drug-likeness (QED) is 0.914. The number of carbonyl (C=O) groups is 2. The summed E-state index contributed by atoms with van der Waals surface area (Å²) >= 11 is 0. The van der Waals surface area contributed by atoms with E-state index in [2.05, 4.69) is 22.2 Å². The second kappa shape index (κ2) is 6.64. The summed E-state index contributed by atoms with van der Waals surface area (Å²) in [4.78, 5) is 33.6. The average Bonchev–Trinajstić information content (AvgIpc) is 3.05. The SMILES string of the molecule is CC1CCN(C(=O)c2[nH]cnc2C(=O)Nc2ccccc2)CC1. The highest BCUT2D eigenvalue weighted by Crippen LogP contribution is 2.19. The molecular weight excluding hydrogens is 292 g/mol. The molecule has 23 heavy (non-hydrogen) atoms. The molecule has 0 spiro atoms. The molecule has 2 amide bonds. The summed E-state index contributed by atoms with van der Waals surface area (Å²) in [6.45, 7) is 3.63. The molecule has 1 saturated heterocycles. The summed E-state index contributed by atoms with van der Waals surface area (Å²) in [6.07, 6.45) is 3.37. The molecule has 0 unspecified atom stereocenters. The number of benzene rings is 1. The molecule has 0 bridgehead atoms. The van der Waals surface area contributed by atoms with Gasteiger partial charge in [0.1, 0.15) is 5.69 Å². The van der Waals surface area contributed by atoms with E-state index < -0.39 is 0 Å². The fraction of sp³-hybridized carbons (Fsp3) is 0.353. The Labute approximate surface area is 134 Å². The van der Waals surface area contributed by atoms with Crippen molar-refractivity contribution in [3.8, 4) is 0 Å². The first-order valence-corrected chi connectivity index (χ1v) is 7.84. The second-order valence-corrected chi connectivity index (χ2v) is 5.92. The van der Waals surface area contributed by atoms with Crippen LogP contribution in [0.2, 0.25) is 0 Å². The highest BCUT2D eigenvalue weighted by atomic mass is 16.2. The van der Waals surface area contributed by atoms with Crippen LogP contribution in [0.3, 0.4) is 0 Å². The van der Waals surface area contributed by atoms with Crippen LogP contribution >= 0.6 is 0 Å². The van der Waals surface area contributed by atoms with Crippen molar-refractivity contribution < 1.29 is 9.59 Å². The Bertz CT molecular complexity index is 688. The van der Waals surface area contributed by atoms with E-state index in [0.29, 0.717) is 11.6 Å². The lowest BCUT2D eigenvalue weighted by Crippen LogP contribution is -2.38. The van der Waals surface area contributed by atoms with Crippen molar-refractivity contribution in [1.29, 1.82) is 0 Å². The number of aromatic nitrogens is 2. The third-order valence-electron chi connectivity index (χ3n) is 4.17. The van der Waals surface area contributed by atoms with E-state index >= 15 is 0 Å². The summed E-state index contributed by atoms with van der Waals surface area (Å²) in [5.74, 6) is 0.0976. The van der Waals surface area contributed by atoms with Crippen molar-refractivity contribution in [2.75, 3.05) is 18.4 Å². The number of para-hydroxylation sites is 1. The third kappa shape index (κ3) is 3.41. The zero-order chi connectivity index (χ0) is 16.2. The van der Waals surface area contributed by atoms with Crippen LogP contribution in [0.5, 0.6) is 0 Å². The first-order chi connectivity index (χ1) is 11.1. The number of hydrogen-bond donors (Lipinski definition) is 2. The van der Waals surface area contributed by atoms with E-state index in [-0.39, 0.29) is 23.2 Å². The largest absolute Gasteiger partial charge is 0.340 e. The van der Waals surface area contributed by atoms with Crippen LogP contribution in [-0.4, -0.2) is 39.8 Å². The number of H-pyrrole nitrogens is 1. The predicted molar refractivity (Wildman–Crippen MR) is 87.3 cm³/mol. The molecule has 2 aromatic rings. The average molecular weight is 312 g/mol. The van der Waals surface area contributed by atoms with Gasteiger partial charge in [0, 0.05) is 18.8 Å². The first-order valence-electron chi connectivity index (χ1n) is 7.84. The number of rotatable bonds is 3. The molecule has 1 aromatic carbocycles. The lowest BCUT2D eigenvalue weighted by Gasteiger charge is -2.30. The molecule has 120 valence electrons.